The first-order chi connectivity index (χ1) is 13.9. The van der Waals surface area contributed by atoms with Crippen molar-refractivity contribution in [2.45, 2.75) is 37.4 Å². The van der Waals surface area contributed by atoms with Crippen LogP contribution >= 0.6 is 11.8 Å². The number of thioether (sulfide) groups is 1. The van der Waals surface area contributed by atoms with Crippen LogP contribution in [0.15, 0.2) is 35.5 Å². The zero-order valence-electron chi connectivity index (χ0n) is 17.1. The number of alkyl halides is 3. The predicted molar refractivity (Wildman–Crippen MR) is 107 cm³/mol. The molecule has 30 heavy (non-hydrogen) atoms. The molecule has 2 rings (SSSR count). The molecule has 0 radical (unpaired) electrons. The zero-order valence-corrected chi connectivity index (χ0v) is 18.0. The first-order valence-electron chi connectivity index (χ1n) is 8.76. The normalized spacial score (nSPS) is 13.0. The number of carbonyl (C=O) groups is 1. The smallest absolute Gasteiger partial charge is 0.416 e. The number of anilines is 1. The van der Waals surface area contributed by atoms with Gasteiger partial charge in [-0.1, -0.05) is 38.6 Å². The van der Waals surface area contributed by atoms with E-state index >= 15 is 0 Å². The molecule has 0 aliphatic rings. The summed E-state index contributed by atoms with van der Waals surface area (Å²) in [6.45, 7) is 5.42. The number of benzene rings is 1. The summed E-state index contributed by atoms with van der Waals surface area (Å²) < 4.78 is 49.3. The Morgan fingerprint density at radius 1 is 1.10 bits per heavy atom. The fourth-order valence-corrected chi connectivity index (χ4v) is 3.50. The zero-order chi connectivity index (χ0) is 22.7. The Labute approximate surface area is 176 Å². The number of nitrogens with zero attached hydrogens (tertiary/aromatic N) is 3. The number of methoxy groups -OCH3 is 2. The van der Waals surface area contributed by atoms with Crippen molar-refractivity contribution in [1.82, 2.24) is 9.97 Å². The maximum Gasteiger partial charge on any atom is 0.416 e. The topological polar surface area (TPSA) is 90.6 Å². The number of carbonyl (C=O) groups excluding carboxylic acids is 1. The third kappa shape index (κ3) is 5.76. The second-order valence-electron chi connectivity index (χ2n) is 7.36. The van der Waals surface area contributed by atoms with Gasteiger partial charge >= 0.3 is 6.18 Å². The van der Waals surface area contributed by atoms with Crippen molar-refractivity contribution in [1.29, 1.82) is 0 Å². The number of halogens is 3. The molecule has 1 heterocycles. The molecule has 0 spiro atoms. The van der Waals surface area contributed by atoms with Crippen molar-refractivity contribution < 1.29 is 27.4 Å². The maximum atomic E-state index is 13.1. The van der Waals surface area contributed by atoms with Gasteiger partial charge in [0.15, 0.2) is 5.16 Å². The number of nitrogens with two attached hydrogens (primary N) is 1. The highest BCUT2D eigenvalue weighted by molar-refractivity contribution is 8.00. The quantitative estimate of drug-likeness (QED) is 0.237. The van der Waals surface area contributed by atoms with Gasteiger partial charge in [-0.15, -0.1) is 0 Å². The van der Waals surface area contributed by atoms with E-state index in [0.29, 0.717) is 0 Å². The lowest BCUT2D eigenvalue weighted by atomic mass is 9.91. The Kier molecular flexibility index (Phi) is 7.19. The summed E-state index contributed by atoms with van der Waals surface area (Å²) in [4.78, 5) is 21.6. The van der Waals surface area contributed by atoms with Gasteiger partial charge in [0, 0.05) is 0 Å². The van der Waals surface area contributed by atoms with Crippen LogP contribution in [0.3, 0.4) is 0 Å². The van der Waals surface area contributed by atoms with Crippen LogP contribution in [0.25, 0.3) is 0 Å². The van der Waals surface area contributed by atoms with E-state index in [1.807, 2.05) is 0 Å². The summed E-state index contributed by atoms with van der Waals surface area (Å²) in [5.74, 6) is 5.81. The van der Waals surface area contributed by atoms with E-state index in [9.17, 15) is 18.0 Å². The molecule has 1 aromatic carbocycles. The van der Waals surface area contributed by atoms with Crippen molar-refractivity contribution >= 4 is 23.4 Å². The second-order valence-corrected chi connectivity index (χ2v) is 8.43. The van der Waals surface area contributed by atoms with Gasteiger partial charge in [0.25, 0.3) is 5.91 Å². The van der Waals surface area contributed by atoms with Gasteiger partial charge in [-0.2, -0.15) is 23.1 Å². The van der Waals surface area contributed by atoms with Crippen molar-refractivity contribution in [2.75, 3.05) is 19.2 Å². The third-order valence-corrected chi connectivity index (χ3v) is 5.54. The highest BCUT2D eigenvalue weighted by atomic mass is 32.2. The summed E-state index contributed by atoms with van der Waals surface area (Å²) in [6.07, 6.45) is -4.55. The van der Waals surface area contributed by atoms with E-state index in [0.717, 1.165) is 28.9 Å². The molecule has 1 atom stereocenters. The summed E-state index contributed by atoms with van der Waals surface area (Å²) in [7, 11) is 2.86. The van der Waals surface area contributed by atoms with Crippen LogP contribution in [0.4, 0.5) is 18.9 Å². The lowest BCUT2D eigenvalue weighted by molar-refractivity contribution is -0.137. The van der Waals surface area contributed by atoms with Gasteiger partial charge in [-0.3, -0.25) is 4.79 Å². The maximum absolute atomic E-state index is 13.1. The predicted octanol–water partition coefficient (Wildman–Crippen LogP) is 3.93. The highest BCUT2D eigenvalue weighted by Gasteiger charge is 2.37. The number of hydrazine groups is 1. The summed E-state index contributed by atoms with van der Waals surface area (Å²) in [6, 6.07) is 5.75. The van der Waals surface area contributed by atoms with Gasteiger partial charge in [0.05, 0.1) is 36.8 Å². The molecule has 0 aliphatic heterocycles. The van der Waals surface area contributed by atoms with Crippen LogP contribution in [0, 0.1) is 5.41 Å². The van der Waals surface area contributed by atoms with Crippen molar-refractivity contribution in [3.05, 3.63) is 35.9 Å². The average Bonchev–Trinajstić information content (AvgIpc) is 2.69. The van der Waals surface area contributed by atoms with E-state index in [2.05, 4.69) is 9.97 Å². The summed E-state index contributed by atoms with van der Waals surface area (Å²) in [5.41, 5.74) is -1.60. The molecule has 0 fully saturated rings. The van der Waals surface area contributed by atoms with E-state index in [-0.39, 0.29) is 22.6 Å². The van der Waals surface area contributed by atoms with E-state index in [1.165, 1.54) is 32.4 Å². The van der Waals surface area contributed by atoms with Crippen LogP contribution < -0.4 is 20.3 Å². The number of aromatic nitrogens is 2. The lowest BCUT2D eigenvalue weighted by Crippen LogP contribution is -2.47. The minimum Gasteiger partial charge on any atom is -0.481 e. The number of rotatable bonds is 6. The molecule has 164 valence electrons. The van der Waals surface area contributed by atoms with Gasteiger partial charge < -0.3 is 9.47 Å². The van der Waals surface area contributed by atoms with Crippen LogP contribution in [0.5, 0.6) is 11.8 Å². The molecule has 7 nitrogen and oxygen atoms in total. The second kappa shape index (κ2) is 9.09. The first kappa shape index (κ1) is 23.7. The Bertz CT molecular complexity index is 881. The van der Waals surface area contributed by atoms with Crippen LogP contribution in [0.1, 0.15) is 26.3 Å². The standard InChI is InChI=1S/C19H23F3N4O3S/c1-18(2,3)15(30-17-24-13(28-4)10-14(25-17)29-5)16(27)26(23)12-8-6-7-11(9-12)19(20,21)22/h6-10,15H,23H2,1-5H3. The molecule has 11 heteroatoms. The average molecular weight is 444 g/mol. The highest BCUT2D eigenvalue weighted by Crippen LogP contribution is 2.37. The molecule has 1 amide bonds. The number of hydrogen-bond acceptors (Lipinski definition) is 7. The van der Waals surface area contributed by atoms with E-state index < -0.39 is 28.3 Å². The molecule has 2 aromatic rings. The Morgan fingerprint density at radius 3 is 2.13 bits per heavy atom. The summed E-state index contributed by atoms with van der Waals surface area (Å²) >= 11 is 1.02. The summed E-state index contributed by atoms with van der Waals surface area (Å²) in [5, 5.41) is 0.112. The van der Waals surface area contributed by atoms with E-state index in [4.69, 9.17) is 15.3 Å². The fourth-order valence-electron chi connectivity index (χ4n) is 2.43. The molecule has 0 saturated carbocycles. The molecule has 1 aromatic heterocycles. The van der Waals surface area contributed by atoms with Crippen LogP contribution in [0.2, 0.25) is 0 Å². The number of amides is 1. The van der Waals surface area contributed by atoms with Gasteiger partial charge in [0.1, 0.15) is 0 Å². The lowest BCUT2D eigenvalue weighted by Gasteiger charge is -2.31. The largest absolute Gasteiger partial charge is 0.481 e. The monoisotopic (exact) mass is 444 g/mol. The Hall–Kier alpha value is -2.53. The minimum atomic E-state index is -4.55. The molecule has 0 bridgehead atoms. The van der Waals surface area contributed by atoms with Gasteiger partial charge in [0.2, 0.25) is 11.8 Å². The first-order valence-corrected chi connectivity index (χ1v) is 9.64. The fraction of sp³-hybridized carbons (Fsp3) is 0.421. The van der Waals surface area contributed by atoms with E-state index in [1.54, 1.807) is 20.8 Å². The molecule has 2 N–H and O–H groups in total. The Morgan fingerprint density at radius 2 is 1.67 bits per heavy atom. The minimum absolute atomic E-state index is 0.0752. The molecule has 0 saturated heterocycles. The van der Waals surface area contributed by atoms with Crippen molar-refractivity contribution in [3.8, 4) is 11.8 Å². The molecule has 1 unspecified atom stereocenters. The van der Waals surface area contributed by atoms with Crippen LogP contribution in [-0.2, 0) is 11.0 Å². The van der Waals surface area contributed by atoms with Gasteiger partial charge in [-0.05, 0) is 23.6 Å². The Balaban J connectivity index is 2.37. The number of ether oxygens (including phenoxy) is 2. The van der Waals surface area contributed by atoms with Crippen molar-refractivity contribution in [2.24, 2.45) is 11.3 Å². The SMILES string of the molecule is COc1cc(OC)nc(SC(C(=O)N(N)c2cccc(C(F)(F)F)c2)C(C)(C)C)n1. The third-order valence-electron chi connectivity index (χ3n) is 4.00. The molecular formula is C19H23F3N4O3S. The van der Waals surface area contributed by atoms with Crippen LogP contribution in [-0.4, -0.2) is 35.3 Å². The van der Waals surface area contributed by atoms with Crippen molar-refractivity contribution in [3.63, 3.8) is 0 Å². The number of hydrogen-bond donors (Lipinski definition) is 1. The van der Waals surface area contributed by atoms with Gasteiger partial charge in [-0.25, -0.2) is 10.9 Å². The molecular weight excluding hydrogens is 421 g/mol. The molecule has 0 aliphatic carbocycles.